The highest BCUT2D eigenvalue weighted by molar-refractivity contribution is 5.89. The number of aromatic nitrogens is 1. The summed E-state index contributed by atoms with van der Waals surface area (Å²) < 4.78 is 0. The van der Waals surface area contributed by atoms with Gasteiger partial charge in [0, 0.05) is 43.3 Å². The molecule has 25 heavy (non-hydrogen) atoms. The molecule has 2 amide bonds. The molecule has 1 saturated heterocycles. The molecule has 1 aliphatic heterocycles. The Bertz CT molecular complexity index is 726. The Labute approximate surface area is 145 Å². The third kappa shape index (κ3) is 4.53. The van der Waals surface area contributed by atoms with Crippen molar-refractivity contribution in [3.8, 4) is 0 Å². The molecule has 2 heterocycles. The van der Waals surface area contributed by atoms with E-state index >= 15 is 0 Å². The highest BCUT2D eigenvalue weighted by Crippen LogP contribution is 2.22. The van der Waals surface area contributed by atoms with Gasteiger partial charge in [0.2, 0.25) is 0 Å². The summed E-state index contributed by atoms with van der Waals surface area (Å²) in [6, 6.07) is 9.73. The fourth-order valence-electron chi connectivity index (χ4n) is 3.06. The number of nitro groups is 1. The first-order valence-corrected chi connectivity index (χ1v) is 8.31. The number of piperidine rings is 1. The van der Waals surface area contributed by atoms with Crippen molar-refractivity contribution in [1.82, 2.24) is 9.88 Å². The number of nitrogens with zero attached hydrogens (tertiary/aromatic N) is 3. The largest absolute Gasteiger partial charge is 0.325 e. The predicted molar refractivity (Wildman–Crippen MR) is 94.4 cm³/mol. The van der Waals surface area contributed by atoms with E-state index in [0.29, 0.717) is 24.7 Å². The number of nitro benzene ring substituents is 1. The Hall–Kier alpha value is -2.96. The van der Waals surface area contributed by atoms with Crippen LogP contribution < -0.4 is 5.32 Å². The third-order valence-corrected chi connectivity index (χ3v) is 4.48. The Balaban J connectivity index is 1.49. The number of pyridine rings is 1. The van der Waals surface area contributed by atoms with Crippen LogP contribution >= 0.6 is 0 Å². The molecule has 0 spiro atoms. The number of nitrogens with one attached hydrogen (secondary N) is 1. The smallest absolute Gasteiger partial charge is 0.321 e. The molecule has 0 bridgehead atoms. The Morgan fingerprint density at radius 3 is 2.56 bits per heavy atom. The number of hydrogen-bond acceptors (Lipinski definition) is 4. The number of anilines is 1. The number of carbonyl (C=O) groups is 1. The van der Waals surface area contributed by atoms with Gasteiger partial charge in [0.05, 0.1) is 4.92 Å². The van der Waals surface area contributed by atoms with Gasteiger partial charge in [-0.05, 0) is 48.9 Å². The van der Waals surface area contributed by atoms with E-state index in [2.05, 4.69) is 16.4 Å². The highest BCUT2D eigenvalue weighted by Gasteiger charge is 2.23. The van der Waals surface area contributed by atoms with Gasteiger partial charge in [0.15, 0.2) is 0 Å². The van der Waals surface area contributed by atoms with Gasteiger partial charge in [-0.25, -0.2) is 4.79 Å². The number of carbonyl (C=O) groups excluding carboxylic acids is 1. The number of benzene rings is 1. The van der Waals surface area contributed by atoms with E-state index < -0.39 is 4.92 Å². The zero-order valence-corrected chi connectivity index (χ0v) is 13.8. The minimum Gasteiger partial charge on any atom is -0.325 e. The second kappa shape index (κ2) is 7.74. The lowest BCUT2D eigenvalue weighted by Gasteiger charge is -2.32. The van der Waals surface area contributed by atoms with Crippen molar-refractivity contribution in [2.24, 2.45) is 5.92 Å². The number of urea groups is 1. The quantitative estimate of drug-likeness (QED) is 0.682. The van der Waals surface area contributed by atoms with Crippen molar-refractivity contribution >= 4 is 17.4 Å². The third-order valence-electron chi connectivity index (χ3n) is 4.48. The van der Waals surface area contributed by atoms with Crippen LogP contribution in [0.1, 0.15) is 18.4 Å². The zero-order valence-electron chi connectivity index (χ0n) is 13.8. The maximum Gasteiger partial charge on any atom is 0.321 e. The Morgan fingerprint density at radius 1 is 1.24 bits per heavy atom. The lowest BCUT2D eigenvalue weighted by Crippen LogP contribution is -2.41. The maximum absolute atomic E-state index is 12.3. The van der Waals surface area contributed by atoms with Crippen LogP contribution in [-0.2, 0) is 6.42 Å². The van der Waals surface area contributed by atoms with Gasteiger partial charge in [0.1, 0.15) is 0 Å². The molecule has 1 aromatic heterocycles. The van der Waals surface area contributed by atoms with Gasteiger partial charge in [-0.3, -0.25) is 15.1 Å². The van der Waals surface area contributed by atoms with E-state index in [0.717, 1.165) is 19.3 Å². The van der Waals surface area contributed by atoms with Crippen LogP contribution in [0.15, 0.2) is 48.8 Å². The van der Waals surface area contributed by atoms with Crippen molar-refractivity contribution in [1.29, 1.82) is 0 Å². The topological polar surface area (TPSA) is 88.4 Å². The standard InChI is InChI=1S/C18H20N4O3/c23-18(20-16-3-5-17(6-4-16)22(24)25)21-10-7-14(8-11-21)12-15-2-1-9-19-13-15/h1-6,9,13-14H,7-8,10-12H2,(H,20,23). The van der Waals surface area contributed by atoms with Gasteiger partial charge in [0.25, 0.3) is 5.69 Å². The van der Waals surface area contributed by atoms with Gasteiger partial charge < -0.3 is 10.2 Å². The summed E-state index contributed by atoms with van der Waals surface area (Å²) in [6.45, 7) is 1.42. The first-order valence-electron chi connectivity index (χ1n) is 8.31. The molecule has 1 N–H and O–H groups in total. The molecule has 3 rings (SSSR count). The van der Waals surface area contributed by atoms with E-state index in [1.165, 1.54) is 17.7 Å². The fourth-order valence-corrected chi connectivity index (χ4v) is 3.06. The first-order chi connectivity index (χ1) is 12.1. The maximum atomic E-state index is 12.3. The molecular formula is C18H20N4O3. The van der Waals surface area contributed by atoms with Crippen molar-refractivity contribution in [3.63, 3.8) is 0 Å². The zero-order chi connectivity index (χ0) is 17.6. The SMILES string of the molecule is O=C(Nc1ccc([N+](=O)[O-])cc1)N1CCC(Cc2cccnc2)CC1. The van der Waals surface area contributed by atoms with Crippen LogP contribution in [0.3, 0.4) is 0 Å². The summed E-state index contributed by atoms with van der Waals surface area (Å²) in [5, 5.41) is 13.4. The first kappa shape index (κ1) is 16.9. The molecule has 0 unspecified atom stereocenters. The van der Waals surface area contributed by atoms with Gasteiger partial charge in [-0.2, -0.15) is 0 Å². The molecule has 2 aromatic rings. The Kier molecular flexibility index (Phi) is 5.23. The van der Waals surface area contributed by atoms with Crippen molar-refractivity contribution in [3.05, 3.63) is 64.5 Å². The van der Waals surface area contributed by atoms with E-state index in [1.54, 1.807) is 23.2 Å². The monoisotopic (exact) mass is 340 g/mol. The molecule has 1 fully saturated rings. The molecule has 0 radical (unpaired) electrons. The second-order valence-electron chi connectivity index (χ2n) is 6.23. The molecule has 0 aliphatic carbocycles. The second-order valence-corrected chi connectivity index (χ2v) is 6.23. The molecule has 1 aliphatic rings. The summed E-state index contributed by atoms with van der Waals surface area (Å²) in [4.78, 5) is 28.4. The van der Waals surface area contributed by atoms with Crippen molar-refractivity contribution < 1.29 is 9.72 Å². The average Bonchev–Trinajstić information content (AvgIpc) is 2.63. The van der Waals surface area contributed by atoms with Crippen molar-refractivity contribution in [2.45, 2.75) is 19.3 Å². The number of amides is 2. The normalized spacial score (nSPS) is 15.0. The van der Waals surface area contributed by atoms with Gasteiger partial charge in [-0.1, -0.05) is 6.07 Å². The predicted octanol–water partition coefficient (Wildman–Crippen LogP) is 3.48. The summed E-state index contributed by atoms with van der Waals surface area (Å²) in [5.74, 6) is 0.563. The molecule has 1 aromatic carbocycles. The number of likely N-dealkylation sites (tertiary alicyclic amines) is 1. The molecule has 7 nitrogen and oxygen atoms in total. The van der Waals surface area contributed by atoms with E-state index in [4.69, 9.17) is 0 Å². The van der Waals surface area contributed by atoms with E-state index in [-0.39, 0.29) is 11.7 Å². The minimum absolute atomic E-state index is 0.00853. The lowest BCUT2D eigenvalue weighted by atomic mass is 9.91. The van der Waals surface area contributed by atoms with Crippen LogP contribution in [0.4, 0.5) is 16.2 Å². The summed E-state index contributed by atoms with van der Waals surface area (Å²) in [7, 11) is 0. The van der Waals surface area contributed by atoms with Crippen LogP contribution in [0.25, 0.3) is 0 Å². The van der Waals surface area contributed by atoms with Crippen molar-refractivity contribution in [2.75, 3.05) is 18.4 Å². The summed E-state index contributed by atoms with van der Waals surface area (Å²) in [6.07, 6.45) is 6.58. The van der Waals surface area contributed by atoms with E-state index in [1.807, 2.05) is 12.3 Å². The molecule has 130 valence electrons. The molecule has 0 atom stereocenters. The summed E-state index contributed by atoms with van der Waals surface area (Å²) >= 11 is 0. The van der Waals surface area contributed by atoms with Gasteiger partial charge >= 0.3 is 6.03 Å². The van der Waals surface area contributed by atoms with E-state index in [9.17, 15) is 14.9 Å². The number of rotatable bonds is 4. The van der Waals surface area contributed by atoms with Gasteiger partial charge in [-0.15, -0.1) is 0 Å². The Morgan fingerprint density at radius 2 is 1.96 bits per heavy atom. The fraction of sp³-hybridized carbons (Fsp3) is 0.333. The highest BCUT2D eigenvalue weighted by atomic mass is 16.6. The van der Waals surface area contributed by atoms with Crippen LogP contribution in [0.5, 0.6) is 0 Å². The minimum atomic E-state index is -0.460. The van der Waals surface area contributed by atoms with Crippen LogP contribution in [0.2, 0.25) is 0 Å². The van der Waals surface area contributed by atoms with Crippen LogP contribution in [0, 0.1) is 16.0 Å². The number of non-ortho nitro benzene ring substituents is 1. The molecule has 7 heteroatoms. The summed E-state index contributed by atoms with van der Waals surface area (Å²) in [5.41, 5.74) is 1.80. The number of hydrogen-bond donors (Lipinski definition) is 1. The lowest BCUT2D eigenvalue weighted by molar-refractivity contribution is -0.384. The van der Waals surface area contributed by atoms with Crippen LogP contribution in [-0.4, -0.2) is 33.9 Å². The molecule has 0 saturated carbocycles. The molecular weight excluding hydrogens is 320 g/mol. The average molecular weight is 340 g/mol.